The van der Waals surface area contributed by atoms with Crippen molar-refractivity contribution in [1.82, 2.24) is 58.2 Å². The maximum Gasteiger partial charge on any atom is 0.305 e. The first-order chi connectivity index (χ1) is 37.6. The summed E-state index contributed by atoms with van der Waals surface area (Å²) < 4.78 is 0. The van der Waals surface area contributed by atoms with Gasteiger partial charge >= 0.3 is 5.97 Å². The van der Waals surface area contributed by atoms with Crippen LogP contribution in [0.25, 0.3) is 10.9 Å². The predicted octanol–water partition coefficient (Wildman–Crippen LogP) is -6.69. The first kappa shape index (κ1) is 67.7. The standard InChI is InChI=1S/C49H77N15O16/c1-23(2)14-31(43(75)56-20-38(70)59-35(21-65)41(50)73)61-47(79)36(22-66)63-48(80)40(25(5)67)64-46(78)34(17-39(71)72)62-44(76)32(15-24(3)4)58-37(69)19-55-42(74)30(12-9-13-53-49(51)52)60-45(77)33(57-26(6)68)16-27-18-54-29-11-8-7-10-28(27)29/h7-8,10-11,18,23-25,30-36,40,54,65-67H,9,12-17,19-22H2,1-6H3,(H2,50,73)(H,55,74)(H,56,75)(H,57,68)(H,58,69)(H,59,70)(H,60,77)(H,61,79)(H,62,76)(H,63,80)(H,64,78)(H,71,72)(H4,51,52,53)/t25-,30+,31+,32+,33+,34+,35+,36+,40+/m1/s1. The number of aromatic amines is 1. The summed E-state index contributed by atoms with van der Waals surface area (Å²) in [6.07, 6.45) is -1.15. The molecule has 0 aliphatic carbocycles. The third kappa shape index (κ3) is 24.1. The number of aromatic nitrogens is 1. The second-order valence-corrected chi connectivity index (χ2v) is 19.5. The Morgan fingerprint density at radius 3 is 1.60 bits per heavy atom. The molecule has 0 saturated heterocycles. The molecule has 0 spiro atoms. The van der Waals surface area contributed by atoms with Crippen molar-refractivity contribution in [2.24, 2.45) is 34.0 Å². The van der Waals surface area contributed by atoms with Gasteiger partial charge in [0, 0.05) is 37.0 Å². The molecule has 0 aliphatic heterocycles. The number of H-pyrrole nitrogens is 1. The Hall–Kier alpha value is -8.45. The van der Waals surface area contributed by atoms with Crippen molar-refractivity contribution in [1.29, 1.82) is 0 Å². The number of para-hydroxylation sites is 1. The molecule has 1 aromatic heterocycles. The van der Waals surface area contributed by atoms with Gasteiger partial charge in [-0.1, -0.05) is 45.9 Å². The van der Waals surface area contributed by atoms with Crippen LogP contribution in [-0.4, -0.2) is 190 Å². The first-order valence-corrected chi connectivity index (χ1v) is 25.5. The molecule has 0 saturated carbocycles. The highest BCUT2D eigenvalue weighted by Gasteiger charge is 2.36. The van der Waals surface area contributed by atoms with Crippen molar-refractivity contribution in [2.75, 3.05) is 32.8 Å². The van der Waals surface area contributed by atoms with E-state index in [-0.39, 0.29) is 56.4 Å². The van der Waals surface area contributed by atoms with Crippen LogP contribution in [0.15, 0.2) is 35.5 Å². The first-order valence-electron chi connectivity index (χ1n) is 25.5. The minimum absolute atomic E-state index is 0.0317. The Morgan fingerprint density at radius 2 is 1.07 bits per heavy atom. The third-order valence-corrected chi connectivity index (χ3v) is 11.7. The van der Waals surface area contributed by atoms with Gasteiger partial charge in [-0.3, -0.25) is 62.5 Å². The number of amides is 11. The zero-order valence-electron chi connectivity index (χ0n) is 45.4. The lowest BCUT2D eigenvalue weighted by Crippen LogP contribution is -2.62. The van der Waals surface area contributed by atoms with Crippen molar-refractivity contribution in [3.05, 3.63) is 36.0 Å². The summed E-state index contributed by atoms with van der Waals surface area (Å²) in [4.78, 5) is 163. The lowest BCUT2D eigenvalue weighted by Gasteiger charge is -2.28. The molecule has 0 aliphatic rings. The molecule has 0 unspecified atom stereocenters. The van der Waals surface area contributed by atoms with Gasteiger partial charge in [0.15, 0.2) is 5.96 Å². The highest BCUT2D eigenvalue weighted by Crippen LogP contribution is 2.19. The Labute approximate surface area is 460 Å². The molecule has 444 valence electrons. The van der Waals surface area contributed by atoms with Crippen LogP contribution >= 0.6 is 0 Å². The molecule has 11 amide bonds. The average Bonchev–Trinajstić information content (AvgIpc) is 3.78. The summed E-state index contributed by atoms with van der Waals surface area (Å²) in [6.45, 7) is 5.65. The van der Waals surface area contributed by atoms with Gasteiger partial charge in [0.1, 0.15) is 48.3 Å². The van der Waals surface area contributed by atoms with Crippen LogP contribution in [0.4, 0.5) is 0 Å². The average molecular weight is 1130 g/mol. The maximum atomic E-state index is 13.8. The second kappa shape index (κ2) is 33.8. The van der Waals surface area contributed by atoms with E-state index in [9.17, 15) is 78.0 Å². The van der Waals surface area contributed by atoms with Crippen molar-refractivity contribution in [3.63, 3.8) is 0 Å². The third-order valence-electron chi connectivity index (χ3n) is 11.7. The fourth-order valence-electron chi connectivity index (χ4n) is 7.75. The number of hydrogen-bond acceptors (Lipinski definition) is 16. The maximum absolute atomic E-state index is 13.8. The lowest BCUT2D eigenvalue weighted by molar-refractivity contribution is -0.142. The lowest BCUT2D eigenvalue weighted by atomic mass is 10.0. The number of aliphatic imine (C=N–C) groups is 1. The van der Waals surface area contributed by atoms with Gasteiger partial charge < -0.3 is 95.8 Å². The van der Waals surface area contributed by atoms with Crippen LogP contribution in [0.5, 0.6) is 0 Å². The van der Waals surface area contributed by atoms with E-state index in [1.807, 2.05) is 18.2 Å². The van der Waals surface area contributed by atoms with Crippen LogP contribution in [0.2, 0.25) is 0 Å². The molecule has 1 heterocycles. The van der Waals surface area contributed by atoms with Gasteiger partial charge in [-0.25, -0.2) is 0 Å². The number of aliphatic hydroxyl groups excluding tert-OH is 3. The smallest absolute Gasteiger partial charge is 0.305 e. The summed E-state index contributed by atoms with van der Waals surface area (Å²) in [5, 5.41) is 63.7. The number of carbonyl (C=O) groups is 12. The molecule has 21 N–H and O–H groups in total. The highest BCUT2D eigenvalue weighted by molar-refractivity contribution is 5.99. The van der Waals surface area contributed by atoms with Crippen LogP contribution < -0.4 is 70.4 Å². The molecule has 0 bridgehead atoms. The van der Waals surface area contributed by atoms with Gasteiger partial charge in [0.25, 0.3) is 0 Å². The number of aliphatic hydroxyl groups is 3. The van der Waals surface area contributed by atoms with E-state index in [1.165, 1.54) is 6.92 Å². The fourth-order valence-corrected chi connectivity index (χ4v) is 7.75. The predicted molar refractivity (Wildman–Crippen MR) is 285 cm³/mol. The second-order valence-electron chi connectivity index (χ2n) is 19.5. The minimum atomic E-state index is -1.97. The Morgan fingerprint density at radius 1 is 0.588 bits per heavy atom. The van der Waals surface area contributed by atoms with Crippen LogP contribution in [-0.2, 0) is 64.0 Å². The summed E-state index contributed by atoms with van der Waals surface area (Å²) in [6, 6.07) is -5.23. The Bertz CT molecular complexity index is 2530. The van der Waals surface area contributed by atoms with Crippen molar-refractivity contribution in [2.45, 2.75) is 135 Å². The van der Waals surface area contributed by atoms with Gasteiger partial charge in [0.05, 0.1) is 38.8 Å². The van der Waals surface area contributed by atoms with Crippen LogP contribution in [0, 0.1) is 11.8 Å². The normalized spacial score (nSPS) is 14.4. The number of nitrogens with two attached hydrogens (primary N) is 3. The molecule has 31 heteroatoms. The number of carboxylic acid groups (broad SMARTS) is 1. The number of rotatable bonds is 35. The summed E-state index contributed by atoms with van der Waals surface area (Å²) >= 11 is 0. The highest BCUT2D eigenvalue weighted by atomic mass is 16.4. The largest absolute Gasteiger partial charge is 0.481 e. The molecular weight excluding hydrogens is 1050 g/mol. The van der Waals surface area contributed by atoms with E-state index in [2.05, 4.69) is 63.1 Å². The monoisotopic (exact) mass is 1130 g/mol. The van der Waals surface area contributed by atoms with E-state index in [1.54, 1.807) is 40.0 Å². The molecular formula is C49H77N15O16. The quantitative estimate of drug-likeness (QED) is 0.0173. The Balaban J connectivity index is 2.22. The number of aliphatic carboxylic acids is 1. The topological polar surface area (TPSA) is 512 Å². The van der Waals surface area contributed by atoms with Gasteiger partial charge in [-0.2, -0.15) is 0 Å². The van der Waals surface area contributed by atoms with E-state index in [0.29, 0.717) is 5.56 Å². The van der Waals surface area contributed by atoms with Crippen LogP contribution in [0.3, 0.4) is 0 Å². The number of carbonyl (C=O) groups excluding carboxylic acids is 11. The van der Waals surface area contributed by atoms with E-state index in [0.717, 1.165) is 17.8 Å². The van der Waals surface area contributed by atoms with Gasteiger partial charge in [-0.05, 0) is 56.1 Å². The van der Waals surface area contributed by atoms with E-state index >= 15 is 0 Å². The molecule has 31 nitrogen and oxygen atoms in total. The van der Waals surface area contributed by atoms with Crippen molar-refractivity contribution < 1.29 is 78.0 Å². The fraction of sp³-hybridized carbons (Fsp3) is 0.571. The number of fused-ring (bicyclic) bond motifs is 1. The molecule has 0 radical (unpaired) electrons. The summed E-state index contributed by atoms with van der Waals surface area (Å²) in [7, 11) is 0. The number of carboxylic acids is 1. The van der Waals surface area contributed by atoms with Gasteiger partial charge in [0.2, 0.25) is 65.0 Å². The molecule has 2 aromatic rings. The number of guanidine groups is 1. The van der Waals surface area contributed by atoms with Gasteiger partial charge in [-0.15, -0.1) is 0 Å². The molecule has 2 rings (SSSR count). The summed E-state index contributed by atoms with van der Waals surface area (Å²) in [5.41, 5.74) is 17.5. The number of benzene rings is 1. The number of hydrogen-bond donors (Lipinski definition) is 18. The van der Waals surface area contributed by atoms with E-state index < -0.39 is 158 Å². The minimum Gasteiger partial charge on any atom is -0.481 e. The molecule has 0 fully saturated rings. The Kier molecular flexibility index (Phi) is 28.5. The zero-order valence-corrected chi connectivity index (χ0v) is 45.4. The molecule has 9 atom stereocenters. The van der Waals surface area contributed by atoms with E-state index in [4.69, 9.17) is 17.2 Å². The SMILES string of the molecule is CC(=O)N[C@@H](Cc1c[nH]c2ccccc12)C(=O)N[C@@H](CCCN=C(N)N)C(=O)NCC(=O)N[C@@H](CC(C)C)C(=O)N[C@@H](CC(=O)O)C(=O)N[C@H](C(=O)N[C@@H](CO)C(=O)N[C@@H](CC(C)C)C(=O)NCC(=O)N[C@@H](CO)C(N)=O)[C@@H](C)O. The van der Waals surface area contributed by atoms with Crippen LogP contribution in [0.1, 0.15) is 79.2 Å². The summed E-state index contributed by atoms with van der Waals surface area (Å²) in [5.74, 6) is -13.2. The zero-order chi connectivity index (χ0) is 60.4. The van der Waals surface area contributed by atoms with Crippen molar-refractivity contribution in [3.8, 4) is 0 Å². The molecule has 80 heavy (non-hydrogen) atoms. The number of nitrogens with zero attached hydrogens (tertiary/aromatic N) is 1. The van der Waals surface area contributed by atoms with Crippen molar-refractivity contribution >= 4 is 87.8 Å². The number of primary amides is 1. The number of nitrogens with one attached hydrogen (secondary N) is 11. The molecule has 1 aromatic carbocycles.